The van der Waals surface area contributed by atoms with E-state index in [0.717, 1.165) is 22.6 Å². The van der Waals surface area contributed by atoms with Crippen molar-refractivity contribution >= 4 is 15.9 Å². The van der Waals surface area contributed by atoms with Crippen molar-refractivity contribution in [1.82, 2.24) is 9.97 Å². The van der Waals surface area contributed by atoms with E-state index >= 15 is 0 Å². The second kappa shape index (κ2) is 6.56. The number of hydrogen-bond donors (Lipinski definition) is 0. The third-order valence-corrected chi connectivity index (χ3v) is 4.00. The summed E-state index contributed by atoms with van der Waals surface area (Å²) < 4.78 is 6.64. The average molecular weight is 347 g/mol. The molecule has 0 radical (unpaired) electrons. The minimum atomic E-state index is 0.515. The highest BCUT2D eigenvalue weighted by Gasteiger charge is 2.27. The van der Waals surface area contributed by atoms with Crippen LogP contribution in [0.1, 0.15) is 49.9 Å². The first kappa shape index (κ1) is 14.5. The van der Waals surface area contributed by atoms with Crippen molar-refractivity contribution in [2.75, 3.05) is 0 Å². The van der Waals surface area contributed by atoms with E-state index in [-0.39, 0.29) is 0 Å². The van der Waals surface area contributed by atoms with Gasteiger partial charge in [-0.05, 0) is 59.3 Å². The van der Waals surface area contributed by atoms with Gasteiger partial charge in [0.15, 0.2) is 0 Å². The summed E-state index contributed by atoms with van der Waals surface area (Å²) in [6.45, 7) is 2.21. The molecule has 1 aliphatic carbocycles. The van der Waals surface area contributed by atoms with Gasteiger partial charge in [0.2, 0.25) is 5.88 Å². The summed E-state index contributed by atoms with van der Waals surface area (Å²) >= 11 is 3.43. The molecular formula is C17H19BrN2O. The summed E-state index contributed by atoms with van der Waals surface area (Å²) in [5, 5.41) is 0. The van der Waals surface area contributed by atoms with Crippen LogP contribution in [-0.2, 0) is 6.42 Å². The largest absolute Gasteiger partial charge is 0.439 e. The second-order valence-corrected chi connectivity index (χ2v) is 6.32. The molecule has 0 amide bonds. The maximum atomic E-state index is 5.86. The first-order valence-corrected chi connectivity index (χ1v) is 8.35. The van der Waals surface area contributed by atoms with Crippen molar-refractivity contribution in [1.29, 1.82) is 0 Å². The van der Waals surface area contributed by atoms with Gasteiger partial charge in [0.25, 0.3) is 0 Å². The fraction of sp³-hybridized carbons (Fsp3) is 0.412. The van der Waals surface area contributed by atoms with Crippen LogP contribution in [0.2, 0.25) is 0 Å². The van der Waals surface area contributed by atoms with Crippen LogP contribution in [0.3, 0.4) is 0 Å². The predicted molar refractivity (Wildman–Crippen MR) is 86.8 cm³/mol. The quantitative estimate of drug-likeness (QED) is 0.669. The Morgan fingerprint density at radius 2 is 1.95 bits per heavy atom. The van der Waals surface area contributed by atoms with Crippen molar-refractivity contribution in [2.45, 2.75) is 44.9 Å². The van der Waals surface area contributed by atoms with Crippen molar-refractivity contribution < 1.29 is 4.74 Å². The Bertz CT molecular complexity index is 609. The molecule has 3 nitrogen and oxygen atoms in total. The SMILES string of the molecule is CCCCc1ccc(Oc2cc(Br)nc(C3CC3)n2)cc1. The molecule has 1 aliphatic rings. The van der Waals surface area contributed by atoms with Gasteiger partial charge in [-0.1, -0.05) is 25.5 Å². The van der Waals surface area contributed by atoms with Crippen molar-refractivity contribution in [3.63, 3.8) is 0 Å². The van der Waals surface area contributed by atoms with Gasteiger partial charge in [-0.3, -0.25) is 0 Å². The van der Waals surface area contributed by atoms with Crippen molar-refractivity contribution in [2.24, 2.45) is 0 Å². The molecule has 0 bridgehead atoms. The zero-order chi connectivity index (χ0) is 14.7. The molecule has 0 spiro atoms. The van der Waals surface area contributed by atoms with Crippen LogP contribution in [0, 0.1) is 0 Å². The van der Waals surface area contributed by atoms with Crippen LogP contribution in [0.4, 0.5) is 0 Å². The van der Waals surface area contributed by atoms with E-state index in [2.05, 4.69) is 45.0 Å². The molecule has 1 saturated carbocycles. The standard InChI is InChI=1S/C17H19BrN2O/c1-2-3-4-12-5-9-14(10-6-12)21-16-11-15(18)19-17(20-16)13-7-8-13/h5-6,9-11,13H,2-4,7-8H2,1H3. The zero-order valence-electron chi connectivity index (χ0n) is 12.2. The summed E-state index contributed by atoms with van der Waals surface area (Å²) in [5.41, 5.74) is 1.35. The second-order valence-electron chi connectivity index (χ2n) is 5.51. The molecule has 1 fully saturated rings. The van der Waals surface area contributed by atoms with E-state index in [1.54, 1.807) is 0 Å². The lowest BCUT2D eigenvalue weighted by molar-refractivity contribution is 0.457. The summed E-state index contributed by atoms with van der Waals surface area (Å²) in [7, 11) is 0. The maximum absolute atomic E-state index is 5.86. The van der Waals surface area contributed by atoms with Gasteiger partial charge in [0.1, 0.15) is 16.2 Å². The van der Waals surface area contributed by atoms with E-state index in [9.17, 15) is 0 Å². The van der Waals surface area contributed by atoms with Crippen LogP contribution < -0.4 is 4.74 Å². The molecule has 0 atom stereocenters. The first-order chi connectivity index (χ1) is 10.2. The molecule has 110 valence electrons. The van der Waals surface area contributed by atoms with Gasteiger partial charge in [0, 0.05) is 12.0 Å². The lowest BCUT2D eigenvalue weighted by Gasteiger charge is -2.08. The van der Waals surface area contributed by atoms with E-state index in [1.807, 2.05) is 18.2 Å². The Hall–Kier alpha value is -1.42. The van der Waals surface area contributed by atoms with E-state index in [1.165, 1.54) is 31.2 Å². The fourth-order valence-electron chi connectivity index (χ4n) is 2.22. The van der Waals surface area contributed by atoms with Crippen LogP contribution in [0.5, 0.6) is 11.6 Å². The van der Waals surface area contributed by atoms with Gasteiger partial charge in [0.05, 0.1) is 0 Å². The van der Waals surface area contributed by atoms with Crippen molar-refractivity contribution in [3.8, 4) is 11.6 Å². The van der Waals surface area contributed by atoms with Gasteiger partial charge in [-0.2, -0.15) is 4.98 Å². The molecule has 4 heteroatoms. The monoisotopic (exact) mass is 346 g/mol. The molecule has 0 aliphatic heterocycles. The minimum absolute atomic E-state index is 0.515. The smallest absolute Gasteiger partial charge is 0.223 e. The number of nitrogens with zero attached hydrogens (tertiary/aromatic N) is 2. The number of halogens is 1. The highest BCUT2D eigenvalue weighted by Crippen LogP contribution is 2.39. The highest BCUT2D eigenvalue weighted by atomic mass is 79.9. The predicted octanol–water partition coefficient (Wildman–Crippen LogP) is 5.25. The van der Waals surface area contributed by atoms with Gasteiger partial charge < -0.3 is 4.74 Å². The Balaban J connectivity index is 1.70. The van der Waals surface area contributed by atoms with E-state index in [4.69, 9.17) is 4.74 Å². The fourth-order valence-corrected chi connectivity index (χ4v) is 2.59. The summed E-state index contributed by atoms with van der Waals surface area (Å²) in [5.74, 6) is 2.84. The third-order valence-electron chi connectivity index (χ3n) is 3.60. The van der Waals surface area contributed by atoms with Crippen LogP contribution >= 0.6 is 15.9 Å². The lowest BCUT2D eigenvalue weighted by Crippen LogP contribution is -1.96. The van der Waals surface area contributed by atoms with Crippen LogP contribution in [0.25, 0.3) is 0 Å². The number of benzene rings is 1. The van der Waals surface area contributed by atoms with E-state index < -0.39 is 0 Å². The molecule has 21 heavy (non-hydrogen) atoms. The number of unbranched alkanes of at least 4 members (excludes halogenated alkanes) is 1. The topological polar surface area (TPSA) is 35.0 Å². The third kappa shape index (κ3) is 4.03. The lowest BCUT2D eigenvalue weighted by atomic mass is 10.1. The Labute approximate surface area is 133 Å². The molecule has 3 rings (SSSR count). The van der Waals surface area contributed by atoms with Gasteiger partial charge in [-0.15, -0.1) is 0 Å². The van der Waals surface area contributed by atoms with Crippen LogP contribution in [0.15, 0.2) is 34.9 Å². The molecule has 0 unspecified atom stereocenters. The Morgan fingerprint density at radius 1 is 1.19 bits per heavy atom. The molecule has 1 aromatic carbocycles. The van der Waals surface area contributed by atoms with Gasteiger partial charge >= 0.3 is 0 Å². The van der Waals surface area contributed by atoms with E-state index in [0.29, 0.717) is 11.8 Å². The average Bonchev–Trinajstić information content (AvgIpc) is 3.30. The minimum Gasteiger partial charge on any atom is -0.439 e. The summed E-state index contributed by atoms with van der Waals surface area (Å²) in [6.07, 6.45) is 5.94. The van der Waals surface area contributed by atoms with Gasteiger partial charge in [-0.25, -0.2) is 4.98 Å². The summed E-state index contributed by atoms with van der Waals surface area (Å²) in [6, 6.07) is 10.1. The molecule has 0 saturated heterocycles. The zero-order valence-corrected chi connectivity index (χ0v) is 13.8. The van der Waals surface area contributed by atoms with Crippen molar-refractivity contribution in [3.05, 3.63) is 46.3 Å². The Kier molecular flexibility index (Phi) is 4.54. The van der Waals surface area contributed by atoms with Crippen LogP contribution in [-0.4, -0.2) is 9.97 Å². The molecule has 2 aromatic rings. The first-order valence-electron chi connectivity index (χ1n) is 7.56. The number of rotatable bonds is 6. The number of aromatic nitrogens is 2. The molecule has 1 heterocycles. The molecular weight excluding hydrogens is 328 g/mol. The molecule has 1 aromatic heterocycles. The summed E-state index contributed by atoms with van der Waals surface area (Å²) in [4.78, 5) is 8.91. The maximum Gasteiger partial charge on any atom is 0.223 e. The number of ether oxygens (including phenoxy) is 1. The number of aryl methyl sites for hydroxylation is 1. The Morgan fingerprint density at radius 3 is 2.62 bits per heavy atom. The molecule has 0 N–H and O–H groups in total. The normalized spacial score (nSPS) is 14.2. The number of hydrogen-bond acceptors (Lipinski definition) is 3. The highest BCUT2D eigenvalue weighted by molar-refractivity contribution is 9.10.